The zero-order chi connectivity index (χ0) is 19.2. The van der Waals surface area contributed by atoms with Crippen LogP contribution in [0, 0.1) is 0 Å². The van der Waals surface area contributed by atoms with E-state index in [1.807, 2.05) is 39.1 Å². The van der Waals surface area contributed by atoms with E-state index in [-0.39, 0.29) is 0 Å². The molecule has 4 aromatic rings. The van der Waals surface area contributed by atoms with Gasteiger partial charge in [-0.1, -0.05) is 24.3 Å². The second-order valence-corrected chi connectivity index (χ2v) is 7.22. The Morgan fingerprint density at radius 2 is 2.04 bits per heavy atom. The van der Waals surface area contributed by atoms with Gasteiger partial charge in [0.15, 0.2) is 10.9 Å². The molecular weight excluding hydrogens is 370 g/mol. The van der Waals surface area contributed by atoms with Gasteiger partial charge in [0, 0.05) is 36.7 Å². The lowest BCUT2D eigenvalue weighted by molar-refractivity contribution is 0.680. The number of guanidine groups is 1. The van der Waals surface area contributed by atoms with Crippen molar-refractivity contribution in [2.75, 3.05) is 6.54 Å². The van der Waals surface area contributed by atoms with Gasteiger partial charge in [-0.3, -0.25) is 9.08 Å². The van der Waals surface area contributed by atoms with Crippen molar-refractivity contribution in [3.63, 3.8) is 0 Å². The lowest BCUT2D eigenvalue weighted by Crippen LogP contribution is -2.36. The van der Waals surface area contributed by atoms with Crippen molar-refractivity contribution in [2.45, 2.75) is 26.6 Å². The topological polar surface area (TPSA) is 71.5 Å². The Morgan fingerprint density at radius 1 is 1.14 bits per heavy atom. The van der Waals surface area contributed by atoms with Crippen LogP contribution in [0.2, 0.25) is 0 Å². The summed E-state index contributed by atoms with van der Waals surface area (Å²) in [6.07, 6.45) is 7.84. The van der Waals surface area contributed by atoms with Gasteiger partial charge in [-0.2, -0.15) is 5.10 Å². The molecule has 0 atom stereocenters. The summed E-state index contributed by atoms with van der Waals surface area (Å²) in [6, 6.07) is 10.3. The van der Waals surface area contributed by atoms with E-state index in [4.69, 9.17) is 4.99 Å². The minimum atomic E-state index is 0.602. The average molecular weight is 394 g/mol. The second-order valence-electron chi connectivity index (χ2n) is 6.35. The Hall–Kier alpha value is -3.13. The van der Waals surface area contributed by atoms with Crippen LogP contribution < -0.4 is 10.6 Å². The van der Waals surface area contributed by atoms with Crippen molar-refractivity contribution in [3.05, 3.63) is 77.3 Å². The molecule has 8 heteroatoms. The highest BCUT2D eigenvalue weighted by molar-refractivity contribution is 7.15. The molecule has 0 unspecified atom stereocenters. The highest BCUT2D eigenvalue weighted by atomic mass is 32.1. The SMILES string of the molecule is CCNC(=NCc1ccccc1Cn1cccn1)NCc1cn2ccsc2n1. The summed E-state index contributed by atoms with van der Waals surface area (Å²) >= 11 is 1.63. The van der Waals surface area contributed by atoms with Crippen LogP contribution >= 0.6 is 11.3 Å². The van der Waals surface area contributed by atoms with Gasteiger partial charge in [-0.25, -0.2) is 9.98 Å². The number of fused-ring (bicyclic) bond motifs is 1. The van der Waals surface area contributed by atoms with Crippen LogP contribution in [-0.4, -0.2) is 31.7 Å². The number of aliphatic imine (C=N–C) groups is 1. The fourth-order valence-electron chi connectivity index (χ4n) is 2.98. The summed E-state index contributed by atoms with van der Waals surface area (Å²) in [5.41, 5.74) is 3.41. The predicted molar refractivity (Wildman–Crippen MR) is 112 cm³/mol. The van der Waals surface area contributed by atoms with Crippen molar-refractivity contribution < 1.29 is 0 Å². The largest absolute Gasteiger partial charge is 0.357 e. The molecule has 0 spiro atoms. The highest BCUT2D eigenvalue weighted by Gasteiger charge is 2.06. The lowest BCUT2D eigenvalue weighted by Gasteiger charge is -2.12. The van der Waals surface area contributed by atoms with Crippen molar-refractivity contribution in [3.8, 4) is 0 Å². The van der Waals surface area contributed by atoms with E-state index in [0.29, 0.717) is 13.1 Å². The van der Waals surface area contributed by atoms with Gasteiger partial charge in [0.1, 0.15) is 0 Å². The number of nitrogens with one attached hydrogen (secondary N) is 2. The minimum absolute atomic E-state index is 0.602. The fourth-order valence-corrected chi connectivity index (χ4v) is 3.69. The molecule has 0 amide bonds. The zero-order valence-corrected chi connectivity index (χ0v) is 16.6. The molecule has 0 saturated carbocycles. The summed E-state index contributed by atoms with van der Waals surface area (Å²) in [5, 5.41) is 13.0. The van der Waals surface area contributed by atoms with E-state index < -0.39 is 0 Å². The average Bonchev–Trinajstić information content (AvgIpc) is 3.43. The number of imidazole rings is 1. The molecule has 0 radical (unpaired) electrons. The minimum Gasteiger partial charge on any atom is -0.357 e. The number of thiazole rings is 1. The number of benzene rings is 1. The summed E-state index contributed by atoms with van der Waals surface area (Å²) < 4.78 is 3.97. The number of aromatic nitrogens is 4. The molecule has 0 fully saturated rings. The van der Waals surface area contributed by atoms with Crippen LogP contribution in [0.25, 0.3) is 4.96 Å². The molecule has 3 heterocycles. The maximum Gasteiger partial charge on any atom is 0.193 e. The van der Waals surface area contributed by atoms with Crippen LogP contribution in [0.15, 0.2) is 65.5 Å². The van der Waals surface area contributed by atoms with Crippen molar-refractivity contribution >= 4 is 22.3 Å². The zero-order valence-electron chi connectivity index (χ0n) is 15.7. The van der Waals surface area contributed by atoms with E-state index in [9.17, 15) is 0 Å². The first-order chi connectivity index (χ1) is 13.8. The Kier molecular flexibility index (Phi) is 5.67. The molecular formula is C20H23N7S. The molecule has 7 nitrogen and oxygen atoms in total. The van der Waals surface area contributed by atoms with Crippen molar-refractivity contribution in [2.24, 2.45) is 4.99 Å². The maximum atomic E-state index is 4.76. The van der Waals surface area contributed by atoms with Gasteiger partial charge in [0.2, 0.25) is 0 Å². The molecule has 1 aromatic carbocycles. The standard InChI is InChI=1S/C20H23N7S/c1-2-21-19(23-13-18-15-26-10-11-28-20(26)25-18)22-12-16-6-3-4-7-17(16)14-27-9-5-8-24-27/h3-11,15H,2,12-14H2,1H3,(H2,21,22,23). The third-order valence-electron chi connectivity index (χ3n) is 4.34. The smallest absolute Gasteiger partial charge is 0.193 e. The van der Waals surface area contributed by atoms with Crippen molar-refractivity contribution in [1.29, 1.82) is 0 Å². The van der Waals surface area contributed by atoms with Gasteiger partial charge in [-0.05, 0) is 24.1 Å². The van der Waals surface area contributed by atoms with Crippen molar-refractivity contribution in [1.82, 2.24) is 29.8 Å². The van der Waals surface area contributed by atoms with Gasteiger partial charge in [-0.15, -0.1) is 11.3 Å². The number of rotatable bonds is 7. The maximum absolute atomic E-state index is 4.76. The third kappa shape index (κ3) is 4.40. The lowest BCUT2D eigenvalue weighted by atomic mass is 10.1. The van der Waals surface area contributed by atoms with Crippen LogP contribution in [0.4, 0.5) is 0 Å². The van der Waals surface area contributed by atoms with E-state index in [2.05, 4.69) is 51.9 Å². The first kappa shape index (κ1) is 18.2. The molecule has 0 aliphatic carbocycles. The highest BCUT2D eigenvalue weighted by Crippen LogP contribution is 2.12. The molecule has 4 rings (SSSR count). The Balaban J connectivity index is 1.43. The van der Waals surface area contributed by atoms with E-state index in [0.717, 1.165) is 29.7 Å². The van der Waals surface area contributed by atoms with Crippen LogP contribution in [0.1, 0.15) is 23.7 Å². The molecule has 0 saturated heterocycles. The van der Waals surface area contributed by atoms with Gasteiger partial charge in [0.25, 0.3) is 0 Å². The molecule has 28 heavy (non-hydrogen) atoms. The van der Waals surface area contributed by atoms with Gasteiger partial charge < -0.3 is 10.6 Å². The predicted octanol–water partition coefficient (Wildman–Crippen LogP) is 2.90. The van der Waals surface area contributed by atoms with E-state index in [1.165, 1.54) is 11.1 Å². The molecule has 2 N–H and O–H groups in total. The quantitative estimate of drug-likeness (QED) is 0.374. The van der Waals surface area contributed by atoms with Crippen LogP contribution in [-0.2, 0) is 19.6 Å². The first-order valence-electron chi connectivity index (χ1n) is 9.29. The number of hydrogen-bond donors (Lipinski definition) is 2. The fraction of sp³-hybridized carbons (Fsp3) is 0.250. The Bertz CT molecular complexity index is 1020. The summed E-state index contributed by atoms with van der Waals surface area (Å²) in [5.74, 6) is 0.785. The summed E-state index contributed by atoms with van der Waals surface area (Å²) in [7, 11) is 0. The Labute approximate surface area is 167 Å². The third-order valence-corrected chi connectivity index (χ3v) is 5.11. The molecule has 0 aliphatic heterocycles. The molecule has 144 valence electrons. The van der Waals surface area contributed by atoms with Crippen LogP contribution in [0.5, 0.6) is 0 Å². The molecule has 3 aromatic heterocycles. The molecule has 0 aliphatic rings. The summed E-state index contributed by atoms with van der Waals surface area (Å²) in [6.45, 7) is 4.85. The van der Waals surface area contributed by atoms with E-state index in [1.54, 1.807) is 17.5 Å². The number of hydrogen-bond acceptors (Lipinski definition) is 4. The normalized spacial score (nSPS) is 11.8. The second kappa shape index (κ2) is 8.71. The van der Waals surface area contributed by atoms with Crippen LogP contribution in [0.3, 0.4) is 0 Å². The number of nitrogens with zero attached hydrogens (tertiary/aromatic N) is 5. The monoisotopic (exact) mass is 393 g/mol. The molecule has 0 bridgehead atoms. The summed E-state index contributed by atoms with van der Waals surface area (Å²) in [4.78, 5) is 10.4. The van der Waals surface area contributed by atoms with Gasteiger partial charge >= 0.3 is 0 Å². The van der Waals surface area contributed by atoms with Gasteiger partial charge in [0.05, 0.1) is 25.3 Å². The Morgan fingerprint density at radius 3 is 2.82 bits per heavy atom. The van der Waals surface area contributed by atoms with E-state index >= 15 is 0 Å². The first-order valence-corrected chi connectivity index (χ1v) is 10.2.